The number of esters is 1. The summed E-state index contributed by atoms with van der Waals surface area (Å²) >= 11 is 0. The van der Waals surface area contributed by atoms with Crippen LogP contribution in [0.3, 0.4) is 0 Å². The first kappa shape index (κ1) is 21.9. The second-order valence-corrected chi connectivity index (χ2v) is 13.3. The number of carbonyl (C=O) groups excluding carboxylic acids is 3. The minimum atomic E-state index is -2.10. The van der Waals surface area contributed by atoms with Crippen molar-refractivity contribution in [3.63, 3.8) is 0 Å². The van der Waals surface area contributed by atoms with E-state index in [1.807, 2.05) is 6.07 Å². The lowest BCUT2D eigenvalue weighted by Gasteiger charge is -2.37. The zero-order valence-electron chi connectivity index (χ0n) is 17.5. The van der Waals surface area contributed by atoms with E-state index in [4.69, 9.17) is 10.2 Å². The van der Waals surface area contributed by atoms with Gasteiger partial charge in [-0.15, -0.1) is 0 Å². The van der Waals surface area contributed by atoms with Gasteiger partial charge in [-0.2, -0.15) is 0 Å². The molecule has 8 heteroatoms. The van der Waals surface area contributed by atoms with Gasteiger partial charge in [-0.25, -0.2) is 0 Å². The fraction of sp³-hybridized carbons (Fsp3) is 0.550. The molecule has 2 amide bonds. The standard InChI is InChI=1S/C20H30N2O5Si/c1-20(2,3)28(5,6)27-16-9-7-8-13-14(16)12-22(19(13)25)15(18(21)24)10-11-17(23)26-4/h7-9,15H,10-12H2,1-6H3,(H2,21,24)/t15-/m0/s1. The third-order valence-corrected chi connectivity index (χ3v) is 10.0. The molecule has 1 atom stereocenters. The highest BCUT2D eigenvalue weighted by Crippen LogP contribution is 2.40. The SMILES string of the molecule is COC(=O)CC[C@@H](C(N)=O)N1Cc2c(O[Si](C)(C)C(C)(C)C)cccc2C1=O. The molecule has 0 aromatic heterocycles. The fourth-order valence-corrected chi connectivity index (χ4v) is 3.96. The van der Waals surface area contributed by atoms with E-state index in [9.17, 15) is 14.4 Å². The summed E-state index contributed by atoms with van der Waals surface area (Å²) in [4.78, 5) is 37.8. The minimum absolute atomic E-state index is 0.00823. The van der Waals surface area contributed by atoms with Gasteiger partial charge in [0, 0.05) is 17.5 Å². The molecule has 1 aromatic rings. The van der Waals surface area contributed by atoms with Crippen LogP contribution in [-0.2, 0) is 20.9 Å². The molecule has 0 saturated heterocycles. The lowest BCUT2D eigenvalue weighted by Crippen LogP contribution is -2.45. The summed E-state index contributed by atoms with van der Waals surface area (Å²) in [5.74, 6) is -0.685. The van der Waals surface area contributed by atoms with Crippen LogP contribution in [-0.4, -0.2) is 44.2 Å². The summed E-state index contributed by atoms with van der Waals surface area (Å²) in [6.45, 7) is 11.0. The van der Waals surface area contributed by atoms with Crippen LogP contribution in [0.15, 0.2) is 18.2 Å². The van der Waals surface area contributed by atoms with Gasteiger partial charge in [-0.05, 0) is 36.7 Å². The van der Waals surface area contributed by atoms with Gasteiger partial charge in [-0.3, -0.25) is 14.4 Å². The number of nitrogens with two attached hydrogens (primary N) is 1. The second kappa shape index (κ2) is 7.95. The molecule has 0 radical (unpaired) electrons. The molecule has 0 spiro atoms. The number of nitrogens with zero attached hydrogens (tertiary/aromatic N) is 1. The number of hydrogen-bond acceptors (Lipinski definition) is 5. The van der Waals surface area contributed by atoms with Gasteiger partial charge >= 0.3 is 5.97 Å². The maximum Gasteiger partial charge on any atom is 0.305 e. The van der Waals surface area contributed by atoms with Gasteiger partial charge in [-0.1, -0.05) is 26.8 Å². The molecule has 2 rings (SSSR count). The molecule has 0 aliphatic carbocycles. The van der Waals surface area contributed by atoms with E-state index in [0.29, 0.717) is 11.3 Å². The Kier molecular flexibility index (Phi) is 6.23. The average molecular weight is 407 g/mol. The molecular weight excluding hydrogens is 376 g/mol. The van der Waals surface area contributed by atoms with E-state index in [1.165, 1.54) is 12.0 Å². The summed E-state index contributed by atoms with van der Waals surface area (Å²) in [5.41, 5.74) is 6.81. The Morgan fingerprint density at radius 2 is 1.93 bits per heavy atom. The van der Waals surface area contributed by atoms with Crippen LogP contribution < -0.4 is 10.2 Å². The number of carbonyl (C=O) groups is 3. The highest BCUT2D eigenvalue weighted by Gasteiger charge is 2.42. The smallest absolute Gasteiger partial charge is 0.305 e. The Bertz CT molecular complexity index is 785. The number of primary amides is 1. The lowest BCUT2D eigenvalue weighted by molar-refractivity contribution is -0.141. The Morgan fingerprint density at radius 3 is 2.46 bits per heavy atom. The number of rotatable bonds is 7. The van der Waals surface area contributed by atoms with Gasteiger partial charge in [0.2, 0.25) is 14.2 Å². The highest BCUT2D eigenvalue weighted by atomic mass is 28.4. The highest BCUT2D eigenvalue weighted by molar-refractivity contribution is 6.74. The average Bonchev–Trinajstić information content (AvgIpc) is 2.91. The number of amides is 2. The Labute approximate surface area is 167 Å². The lowest BCUT2D eigenvalue weighted by atomic mass is 10.1. The fourth-order valence-electron chi connectivity index (χ4n) is 2.91. The number of benzene rings is 1. The molecule has 28 heavy (non-hydrogen) atoms. The second-order valence-electron chi connectivity index (χ2n) is 8.61. The maximum atomic E-state index is 12.9. The topological polar surface area (TPSA) is 98.9 Å². The van der Waals surface area contributed by atoms with E-state index >= 15 is 0 Å². The van der Waals surface area contributed by atoms with Crippen LogP contribution in [0.5, 0.6) is 5.75 Å². The van der Waals surface area contributed by atoms with Gasteiger partial charge in [0.25, 0.3) is 5.91 Å². The Hall–Kier alpha value is -2.35. The van der Waals surface area contributed by atoms with Gasteiger partial charge in [0.1, 0.15) is 11.8 Å². The number of fused-ring (bicyclic) bond motifs is 1. The van der Waals surface area contributed by atoms with E-state index in [-0.39, 0.29) is 30.3 Å². The molecule has 1 aliphatic rings. The number of hydrogen-bond donors (Lipinski definition) is 1. The summed E-state index contributed by atoms with van der Waals surface area (Å²) in [6.07, 6.45) is 0.137. The molecule has 1 heterocycles. The van der Waals surface area contributed by atoms with Crippen LogP contribution in [0.1, 0.15) is 49.5 Å². The predicted octanol–water partition coefficient (Wildman–Crippen LogP) is 2.83. The van der Waals surface area contributed by atoms with Gasteiger partial charge in [0.15, 0.2) is 0 Å². The molecule has 0 saturated carbocycles. The first-order valence-corrected chi connectivity index (χ1v) is 12.3. The first-order chi connectivity index (χ1) is 12.9. The molecular formula is C20H30N2O5Si. The molecule has 2 N–H and O–H groups in total. The van der Waals surface area contributed by atoms with Crippen LogP contribution in [0.2, 0.25) is 18.1 Å². The summed E-state index contributed by atoms with van der Waals surface area (Å²) in [7, 11) is -0.819. The molecule has 0 bridgehead atoms. The van der Waals surface area contributed by atoms with Crippen molar-refractivity contribution >= 4 is 26.1 Å². The first-order valence-electron chi connectivity index (χ1n) is 9.37. The van der Waals surface area contributed by atoms with E-state index in [1.54, 1.807) is 12.1 Å². The summed E-state index contributed by atoms with van der Waals surface area (Å²) in [5, 5.41) is 0.00823. The van der Waals surface area contributed by atoms with E-state index in [2.05, 4.69) is 38.6 Å². The van der Waals surface area contributed by atoms with Crippen LogP contribution in [0.4, 0.5) is 0 Å². The third-order valence-electron chi connectivity index (χ3n) is 5.68. The van der Waals surface area contributed by atoms with E-state index in [0.717, 1.165) is 5.56 Å². The molecule has 1 aromatic carbocycles. The maximum absolute atomic E-state index is 12.9. The normalized spacial score (nSPS) is 15.2. The molecule has 7 nitrogen and oxygen atoms in total. The zero-order chi connectivity index (χ0) is 21.3. The van der Waals surface area contributed by atoms with Crippen LogP contribution >= 0.6 is 0 Å². The Balaban J connectivity index is 2.31. The van der Waals surface area contributed by atoms with Crippen molar-refractivity contribution in [2.75, 3.05) is 7.11 Å². The largest absolute Gasteiger partial charge is 0.543 e. The van der Waals surface area contributed by atoms with Gasteiger partial charge < -0.3 is 19.8 Å². The number of ether oxygens (including phenoxy) is 1. The molecule has 0 fully saturated rings. The number of methoxy groups -OCH3 is 1. The predicted molar refractivity (Wildman–Crippen MR) is 108 cm³/mol. The van der Waals surface area contributed by atoms with Crippen molar-refractivity contribution in [1.82, 2.24) is 4.90 Å². The van der Waals surface area contributed by atoms with Crippen LogP contribution in [0, 0.1) is 0 Å². The van der Waals surface area contributed by atoms with Gasteiger partial charge in [0.05, 0.1) is 13.7 Å². The molecule has 154 valence electrons. The Morgan fingerprint density at radius 1 is 1.29 bits per heavy atom. The van der Waals surface area contributed by atoms with Crippen molar-refractivity contribution in [2.24, 2.45) is 5.73 Å². The van der Waals surface area contributed by atoms with Crippen molar-refractivity contribution < 1.29 is 23.5 Å². The van der Waals surface area contributed by atoms with Crippen LogP contribution in [0.25, 0.3) is 0 Å². The van der Waals surface area contributed by atoms with Crippen molar-refractivity contribution in [3.8, 4) is 5.75 Å². The molecule has 1 aliphatic heterocycles. The van der Waals surface area contributed by atoms with Crippen molar-refractivity contribution in [1.29, 1.82) is 0 Å². The summed E-state index contributed by atoms with van der Waals surface area (Å²) in [6, 6.07) is 4.51. The minimum Gasteiger partial charge on any atom is -0.543 e. The monoisotopic (exact) mass is 406 g/mol. The van der Waals surface area contributed by atoms with Crippen molar-refractivity contribution in [2.45, 2.75) is 64.3 Å². The molecule has 0 unspecified atom stereocenters. The zero-order valence-corrected chi connectivity index (χ0v) is 18.5. The quantitative estimate of drug-likeness (QED) is 0.554. The van der Waals surface area contributed by atoms with E-state index < -0.39 is 26.2 Å². The summed E-state index contributed by atoms with van der Waals surface area (Å²) < 4.78 is 11.1. The van der Waals surface area contributed by atoms with Crippen molar-refractivity contribution in [3.05, 3.63) is 29.3 Å². The third kappa shape index (κ3) is 4.38.